The van der Waals surface area contributed by atoms with Crippen molar-refractivity contribution in [1.82, 2.24) is 0 Å². The first-order valence-corrected chi connectivity index (χ1v) is 3.54. The van der Waals surface area contributed by atoms with Gasteiger partial charge in [-0.1, -0.05) is 0 Å². The van der Waals surface area contributed by atoms with Crippen molar-refractivity contribution in [2.75, 3.05) is 0 Å². The van der Waals surface area contributed by atoms with Crippen LogP contribution in [0.15, 0.2) is 0 Å². The molecule has 1 nitrogen and oxygen atoms in total. The molecule has 0 saturated heterocycles. The predicted octanol–water partition coefficient (Wildman–Crippen LogP) is 1.17. The van der Waals surface area contributed by atoms with Gasteiger partial charge in [-0.2, -0.15) is 0 Å². The zero-order chi connectivity index (χ0) is 5.56. The average Bonchev–Trinajstić information content (AvgIpc) is 2.23. The highest BCUT2D eigenvalue weighted by atomic mass is 16.3. The Kier molecular flexibility index (Phi) is 0.884. The Balaban J connectivity index is 2.11. The van der Waals surface area contributed by atoms with Crippen LogP contribution in [-0.4, -0.2) is 11.2 Å². The lowest BCUT2D eigenvalue weighted by Crippen LogP contribution is -2.14. The van der Waals surface area contributed by atoms with E-state index >= 15 is 0 Å². The summed E-state index contributed by atoms with van der Waals surface area (Å²) in [4.78, 5) is 0. The Morgan fingerprint density at radius 1 is 1.12 bits per heavy atom. The van der Waals surface area contributed by atoms with Crippen LogP contribution < -0.4 is 0 Å². The first-order valence-electron chi connectivity index (χ1n) is 3.54. The molecule has 0 aromatic rings. The van der Waals surface area contributed by atoms with Crippen molar-refractivity contribution in [3.05, 3.63) is 0 Å². The van der Waals surface area contributed by atoms with E-state index in [0.717, 1.165) is 12.3 Å². The van der Waals surface area contributed by atoms with E-state index in [0.29, 0.717) is 5.92 Å². The van der Waals surface area contributed by atoms with Crippen molar-refractivity contribution >= 4 is 0 Å². The van der Waals surface area contributed by atoms with Gasteiger partial charge in [-0.3, -0.25) is 0 Å². The van der Waals surface area contributed by atoms with Crippen LogP contribution in [0, 0.1) is 11.8 Å². The summed E-state index contributed by atoms with van der Waals surface area (Å²) in [7, 11) is 0. The molecule has 2 rings (SSSR count). The van der Waals surface area contributed by atoms with Crippen LogP contribution in [0.1, 0.15) is 25.7 Å². The van der Waals surface area contributed by atoms with E-state index in [-0.39, 0.29) is 6.10 Å². The molecule has 2 bridgehead atoms. The fourth-order valence-corrected chi connectivity index (χ4v) is 2.21. The van der Waals surface area contributed by atoms with Crippen LogP contribution in [0.2, 0.25) is 0 Å². The quantitative estimate of drug-likeness (QED) is 0.498. The minimum atomic E-state index is 0.0775. The molecule has 1 N–H and O–H groups in total. The molecule has 0 amide bonds. The summed E-state index contributed by atoms with van der Waals surface area (Å²) in [5.74, 6) is 1.59. The van der Waals surface area contributed by atoms with Gasteiger partial charge < -0.3 is 5.11 Å². The number of hydrogen-bond acceptors (Lipinski definition) is 1. The molecule has 0 radical (unpaired) electrons. The lowest BCUT2D eigenvalue weighted by Gasteiger charge is -2.14. The maximum Gasteiger partial charge on any atom is 0.0571 e. The molecule has 0 spiro atoms. The summed E-state index contributed by atoms with van der Waals surface area (Å²) in [6.07, 6.45) is 5.19. The zero-order valence-electron chi connectivity index (χ0n) is 5.01. The Bertz CT molecular complexity index is 98.6. The van der Waals surface area contributed by atoms with Crippen molar-refractivity contribution < 1.29 is 5.11 Å². The van der Waals surface area contributed by atoms with Crippen molar-refractivity contribution in [3.8, 4) is 0 Å². The van der Waals surface area contributed by atoms with Crippen molar-refractivity contribution in [3.63, 3.8) is 0 Å². The predicted molar refractivity (Wildman–Crippen MR) is 31.5 cm³/mol. The van der Waals surface area contributed by atoms with Crippen molar-refractivity contribution in [2.24, 2.45) is 11.8 Å². The number of rotatable bonds is 0. The van der Waals surface area contributed by atoms with Gasteiger partial charge in [0, 0.05) is 0 Å². The molecular weight excluding hydrogens is 100 g/mol. The highest BCUT2D eigenvalue weighted by Gasteiger charge is 2.38. The maximum atomic E-state index is 9.22. The molecule has 46 valence electrons. The van der Waals surface area contributed by atoms with Crippen LogP contribution >= 0.6 is 0 Å². The Hall–Kier alpha value is -0.0400. The molecule has 2 aliphatic carbocycles. The molecule has 0 aliphatic heterocycles. The largest absolute Gasteiger partial charge is 0.393 e. The van der Waals surface area contributed by atoms with E-state index in [1.54, 1.807) is 0 Å². The summed E-state index contributed by atoms with van der Waals surface area (Å²) in [5, 5.41) is 9.22. The molecule has 0 aromatic carbocycles. The van der Waals surface area contributed by atoms with E-state index in [2.05, 4.69) is 0 Å². The van der Waals surface area contributed by atoms with Crippen LogP contribution in [-0.2, 0) is 0 Å². The summed E-state index contributed by atoms with van der Waals surface area (Å²) in [6.45, 7) is 0. The molecule has 1 heteroatoms. The second-order valence-corrected chi connectivity index (χ2v) is 3.24. The average molecular weight is 112 g/mol. The molecule has 2 aliphatic rings. The molecule has 3 atom stereocenters. The molecular formula is C7H12O. The fraction of sp³-hybridized carbons (Fsp3) is 1.00. The molecule has 2 unspecified atom stereocenters. The molecule has 2 saturated carbocycles. The van der Waals surface area contributed by atoms with E-state index < -0.39 is 0 Å². The summed E-state index contributed by atoms with van der Waals surface area (Å²) >= 11 is 0. The van der Waals surface area contributed by atoms with Crippen LogP contribution in [0.25, 0.3) is 0 Å². The lowest BCUT2D eigenvalue weighted by atomic mass is 9.98. The summed E-state index contributed by atoms with van der Waals surface area (Å²) in [5.41, 5.74) is 0. The minimum Gasteiger partial charge on any atom is -0.393 e. The fourth-order valence-electron chi connectivity index (χ4n) is 2.21. The van der Waals surface area contributed by atoms with Crippen molar-refractivity contribution in [1.29, 1.82) is 0 Å². The summed E-state index contributed by atoms with van der Waals surface area (Å²) < 4.78 is 0. The van der Waals surface area contributed by atoms with Crippen LogP contribution in [0.3, 0.4) is 0 Å². The molecule has 0 aromatic heterocycles. The number of aliphatic hydroxyl groups is 1. The minimum absolute atomic E-state index is 0.0775. The smallest absolute Gasteiger partial charge is 0.0571 e. The van der Waals surface area contributed by atoms with Gasteiger partial charge in [0.25, 0.3) is 0 Å². The van der Waals surface area contributed by atoms with Crippen molar-refractivity contribution in [2.45, 2.75) is 31.8 Å². The SMILES string of the molecule is OC1CC2CC[C@@H]1C2. The van der Waals surface area contributed by atoms with Gasteiger partial charge in [0.05, 0.1) is 6.10 Å². The number of hydrogen-bond donors (Lipinski definition) is 1. The second kappa shape index (κ2) is 1.47. The lowest BCUT2D eigenvalue weighted by molar-refractivity contribution is 0.113. The standard InChI is InChI=1S/C7H12O/c8-7-4-5-1-2-6(7)3-5/h5-8H,1-4H2/t5?,6-,7?/m1/s1. The van der Waals surface area contributed by atoms with Gasteiger partial charge in [0.15, 0.2) is 0 Å². The van der Waals surface area contributed by atoms with Gasteiger partial charge in [-0.25, -0.2) is 0 Å². The highest BCUT2D eigenvalue weighted by Crippen LogP contribution is 2.44. The third kappa shape index (κ3) is 0.510. The topological polar surface area (TPSA) is 20.2 Å². The first-order chi connectivity index (χ1) is 3.86. The van der Waals surface area contributed by atoms with E-state index in [1.165, 1.54) is 19.3 Å². The van der Waals surface area contributed by atoms with E-state index in [4.69, 9.17) is 0 Å². The first kappa shape index (κ1) is 4.80. The van der Waals surface area contributed by atoms with Crippen LogP contribution in [0.4, 0.5) is 0 Å². The molecule has 0 heterocycles. The van der Waals surface area contributed by atoms with E-state index in [9.17, 15) is 5.11 Å². The maximum absolute atomic E-state index is 9.22. The van der Waals surface area contributed by atoms with Gasteiger partial charge in [0.1, 0.15) is 0 Å². The number of fused-ring (bicyclic) bond motifs is 2. The zero-order valence-corrected chi connectivity index (χ0v) is 5.01. The van der Waals surface area contributed by atoms with Gasteiger partial charge in [-0.05, 0) is 37.5 Å². The monoisotopic (exact) mass is 112 g/mol. The molecule has 2 fully saturated rings. The van der Waals surface area contributed by atoms with Gasteiger partial charge >= 0.3 is 0 Å². The van der Waals surface area contributed by atoms with Gasteiger partial charge in [0.2, 0.25) is 0 Å². The second-order valence-electron chi connectivity index (χ2n) is 3.24. The Labute approximate surface area is 49.7 Å². The third-order valence-corrected chi connectivity index (χ3v) is 2.70. The van der Waals surface area contributed by atoms with Crippen LogP contribution in [0.5, 0.6) is 0 Å². The Morgan fingerprint density at radius 3 is 2.25 bits per heavy atom. The normalized spacial score (nSPS) is 52.9. The number of aliphatic hydroxyl groups excluding tert-OH is 1. The van der Waals surface area contributed by atoms with E-state index in [1.807, 2.05) is 0 Å². The van der Waals surface area contributed by atoms with Gasteiger partial charge in [-0.15, -0.1) is 0 Å². The third-order valence-electron chi connectivity index (χ3n) is 2.70. The Morgan fingerprint density at radius 2 is 2.00 bits per heavy atom. The molecule has 8 heavy (non-hydrogen) atoms. The summed E-state index contributed by atoms with van der Waals surface area (Å²) in [6, 6.07) is 0. The highest BCUT2D eigenvalue weighted by molar-refractivity contribution is 4.89.